The number of amides is 2. The van der Waals surface area contributed by atoms with Crippen molar-refractivity contribution in [1.29, 1.82) is 0 Å². The van der Waals surface area contributed by atoms with Crippen LogP contribution in [0.5, 0.6) is 0 Å². The number of benzene rings is 1. The molecule has 3 aromatic rings. The zero-order chi connectivity index (χ0) is 22.4. The Balaban J connectivity index is 2.05. The van der Waals surface area contributed by atoms with Gasteiger partial charge in [-0.2, -0.15) is 0 Å². The van der Waals surface area contributed by atoms with Crippen LogP contribution in [0.2, 0.25) is 0 Å². The quantitative estimate of drug-likeness (QED) is 0.577. The number of aryl methyl sites for hydroxylation is 1. The number of pyridine rings is 1. The Morgan fingerprint density at radius 1 is 1.19 bits per heavy atom. The predicted octanol–water partition coefficient (Wildman–Crippen LogP) is 3.93. The van der Waals surface area contributed by atoms with Crippen LogP contribution >= 0.6 is 11.5 Å². The van der Waals surface area contributed by atoms with Crippen molar-refractivity contribution in [3.05, 3.63) is 76.6 Å². The van der Waals surface area contributed by atoms with Crippen molar-refractivity contribution < 1.29 is 9.59 Å². The highest BCUT2D eigenvalue weighted by Crippen LogP contribution is 2.26. The van der Waals surface area contributed by atoms with E-state index in [0.717, 1.165) is 29.1 Å². The van der Waals surface area contributed by atoms with Gasteiger partial charge in [-0.15, -0.1) is 5.10 Å². The Labute approximate surface area is 186 Å². The molecule has 0 aliphatic heterocycles. The first-order valence-electron chi connectivity index (χ1n) is 10.2. The fourth-order valence-electron chi connectivity index (χ4n) is 3.08. The van der Waals surface area contributed by atoms with Crippen LogP contribution in [0.3, 0.4) is 0 Å². The van der Waals surface area contributed by atoms with Gasteiger partial charge in [0.1, 0.15) is 6.04 Å². The topological polar surface area (TPSA) is 88.1 Å². The lowest BCUT2D eigenvalue weighted by Crippen LogP contribution is -2.50. The minimum atomic E-state index is -0.866. The van der Waals surface area contributed by atoms with Crippen LogP contribution in [-0.4, -0.2) is 36.8 Å². The average molecular weight is 438 g/mol. The maximum atomic E-state index is 13.5. The van der Waals surface area contributed by atoms with Crippen molar-refractivity contribution in [2.75, 3.05) is 0 Å². The normalized spacial score (nSPS) is 12.3. The van der Waals surface area contributed by atoms with E-state index in [1.54, 1.807) is 28.7 Å². The zero-order valence-electron chi connectivity index (χ0n) is 18.2. The average Bonchev–Trinajstić information content (AvgIpc) is 3.29. The van der Waals surface area contributed by atoms with E-state index in [0.29, 0.717) is 5.56 Å². The van der Waals surface area contributed by atoms with Gasteiger partial charge in [0.05, 0.1) is 0 Å². The van der Waals surface area contributed by atoms with Crippen molar-refractivity contribution in [3.63, 3.8) is 0 Å². The lowest BCUT2D eigenvalue weighted by molar-refractivity contribution is -0.127. The van der Waals surface area contributed by atoms with E-state index in [-0.39, 0.29) is 24.1 Å². The van der Waals surface area contributed by atoms with Crippen LogP contribution in [0.4, 0.5) is 0 Å². The van der Waals surface area contributed by atoms with Gasteiger partial charge in [0.2, 0.25) is 5.91 Å². The molecule has 8 heteroatoms. The number of nitrogens with one attached hydrogen (secondary N) is 1. The number of carbonyl (C=O) groups is 2. The molecule has 2 amide bonds. The molecular weight excluding hydrogens is 410 g/mol. The minimum Gasteiger partial charge on any atom is -0.349 e. The van der Waals surface area contributed by atoms with Gasteiger partial charge in [0, 0.05) is 35.4 Å². The molecule has 162 valence electrons. The SMILES string of the molecule is CCC(C)(C)NC(=O)[C@H](c1cccnc1)N(Cc1ccc(C)cc1)C(=O)c1csnn1. The molecule has 1 N–H and O–H groups in total. The second kappa shape index (κ2) is 9.78. The third-order valence-electron chi connectivity index (χ3n) is 5.22. The second-order valence-corrected chi connectivity index (χ2v) is 8.73. The second-order valence-electron chi connectivity index (χ2n) is 8.12. The molecule has 0 aliphatic rings. The summed E-state index contributed by atoms with van der Waals surface area (Å²) in [6, 6.07) is 10.6. The fraction of sp³-hybridized carbons (Fsp3) is 0.348. The maximum Gasteiger partial charge on any atom is 0.276 e. The highest BCUT2D eigenvalue weighted by atomic mass is 32.1. The summed E-state index contributed by atoms with van der Waals surface area (Å²) in [5.74, 6) is -0.615. The number of hydrogen-bond acceptors (Lipinski definition) is 6. The third kappa shape index (κ3) is 5.73. The largest absolute Gasteiger partial charge is 0.349 e. The molecule has 1 aromatic carbocycles. The molecule has 0 unspecified atom stereocenters. The highest BCUT2D eigenvalue weighted by molar-refractivity contribution is 7.03. The van der Waals surface area contributed by atoms with Gasteiger partial charge < -0.3 is 10.2 Å². The van der Waals surface area contributed by atoms with Gasteiger partial charge >= 0.3 is 0 Å². The molecule has 2 aromatic heterocycles. The summed E-state index contributed by atoms with van der Waals surface area (Å²) in [5.41, 5.74) is 2.47. The molecule has 0 aliphatic carbocycles. The summed E-state index contributed by atoms with van der Waals surface area (Å²) in [6.45, 7) is 8.18. The lowest BCUT2D eigenvalue weighted by Gasteiger charge is -2.34. The molecule has 0 spiro atoms. The van der Waals surface area contributed by atoms with E-state index < -0.39 is 11.6 Å². The van der Waals surface area contributed by atoms with Gasteiger partial charge in [-0.25, -0.2) is 0 Å². The van der Waals surface area contributed by atoms with Crippen LogP contribution in [0.1, 0.15) is 60.4 Å². The van der Waals surface area contributed by atoms with E-state index in [9.17, 15) is 9.59 Å². The van der Waals surface area contributed by atoms with Crippen LogP contribution in [0, 0.1) is 6.92 Å². The number of carbonyl (C=O) groups excluding carboxylic acids is 2. The molecule has 31 heavy (non-hydrogen) atoms. The van der Waals surface area contributed by atoms with Gasteiger partial charge in [0.15, 0.2) is 5.69 Å². The Hall–Kier alpha value is -3.13. The molecule has 1 atom stereocenters. The molecule has 0 bridgehead atoms. The molecule has 2 heterocycles. The van der Waals surface area contributed by atoms with Crippen molar-refractivity contribution in [2.24, 2.45) is 0 Å². The van der Waals surface area contributed by atoms with Gasteiger partial charge in [0.25, 0.3) is 5.91 Å². The van der Waals surface area contributed by atoms with Crippen molar-refractivity contribution in [2.45, 2.75) is 52.2 Å². The molecule has 0 fully saturated rings. The Kier molecular flexibility index (Phi) is 7.12. The summed E-state index contributed by atoms with van der Waals surface area (Å²) >= 11 is 1.10. The summed E-state index contributed by atoms with van der Waals surface area (Å²) in [5, 5.41) is 8.63. The zero-order valence-corrected chi connectivity index (χ0v) is 19.0. The first-order chi connectivity index (χ1) is 14.8. The Morgan fingerprint density at radius 2 is 1.94 bits per heavy atom. The number of aromatic nitrogens is 3. The van der Waals surface area contributed by atoms with E-state index in [1.165, 1.54) is 0 Å². The first kappa shape index (κ1) is 22.6. The number of rotatable bonds is 8. The van der Waals surface area contributed by atoms with Crippen molar-refractivity contribution >= 4 is 23.3 Å². The molecule has 7 nitrogen and oxygen atoms in total. The van der Waals surface area contributed by atoms with Crippen LogP contribution in [0.15, 0.2) is 54.2 Å². The number of nitrogens with zero attached hydrogens (tertiary/aromatic N) is 4. The molecule has 0 radical (unpaired) electrons. The van der Waals surface area contributed by atoms with Gasteiger partial charge in [-0.1, -0.05) is 47.3 Å². The van der Waals surface area contributed by atoms with Crippen molar-refractivity contribution in [3.8, 4) is 0 Å². The Bertz CT molecular complexity index is 1000. The summed E-state index contributed by atoms with van der Waals surface area (Å²) in [4.78, 5) is 32.7. The molecular formula is C23H27N5O2S. The van der Waals surface area contributed by atoms with Crippen LogP contribution in [0.25, 0.3) is 0 Å². The summed E-state index contributed by atoms with van der Waals surface area (Å²) in [6.07, 6.45) is 4.02. The molecule has 0 saturated heterocycles. The standard InChI is InChI=1S/C23H27N5O2S/c1-5-23(3,4)25-21(29)20(18-7-6-12-24-13-18)28(22(30)19-15-31-27-26-19)14-17-10-8-16(2)9-11-17/h6-13,15,20H,5,14H2,1-4H3,(H,25,29)/t20-/m0/s1. The maximum absolute atomic E-state index is 13.5. The van der Waals surface area contributed by atoms with Crippen molar-refractivity contribution in [1.82, 2.24) is 24.8 Å². The minimum absolute atomic E-state index is 0.216. The summed E-state index contributed by atoms with van der Waals surface area (Å²) < 4.78 is 3.83. The molecule has 3 rings (SSSR count). The van der Waals surface area contributed by atoms with Crippen LogP contribution in [-0.2, 0) is 11.3 Å². The van der Waals surface area contributed by atoms with E-state index in [1.807, 2.05) is 58.0 Å². The number of hydrogen-bond donors (Lipinski definition) is 1. The van der Waals surface area contributed by atoms with Gasteiger partial charge in [-0.3, -0.25) is 14.6 Å². The predicted molar refractivity (Wildman–Crippen MR) is 120 cm³/mol. The molecule has 0 saturated carbocycles. The Morgan fingerprint density at radius 3 is 2.52 bits per heavy atom. The van der Waals surface area contributed by atoms with E-state index in [4.69, 9.17) is 0 Å². The monoisotopic (exact) mass is 437 g/mol. The smallest absolute Gasteiger partial charge is 0.276 e. The summed E-state index contributed by atoms with van der Waals surface area (Å²) in [7, 11) is 0. The lowest BCUT2D eigenvalue weighted by atomic mass is 9.99. The van der Waals surface area contributed by atoms with Gasteiger partial charge in [-0.05, 0) is 50.4 Å². The van der Waals surface area contributed by atoms with Crippen LogP contribution < -0.4 is 5.32 Å². The van der Waals surface area contributed by atoms with E-state index >= 15 is 0 Å². The highest BCUT2D eigenvalue weighted by Gasteiger charge is 2.35. The third-order valence-corrected chi connectivity index (χ3v) is 5.72. The first-order valence-corrected chi connectivity index (χ1v) is 11.0. The van der Waals surface area contributed by atoms with E-state index in [2.05, 4.69) is 19.9 Å². The fourth-order valence-corrected chi connectivity index (χ4v) is 3.51.